The smallest absolute Gasteiger partial charge is 0.347 e. The molecule has 1 aliphatic rings. The van der Waals surface area contributed by atoms with Crippen LogP contribution in [0.1, 0.15) is 15.2 Å². The Morgan fingerprint density at radius 3 is 2.58 bits per heavy atom. The molecular weight excluding hydrogens is 332 g/mol. The molecule has 1 amide bonds. The normalized spacial score (nSPS) is 14.7. The molecule has 2 aromatic rings. The second-order valence-corrected chi connectivity index (χ2v) is 6.43. The van der Waals surface area contributed by atoms with Gasteiger partial charge in [0.2, 0.25) is 11.5 Å². The molecule has 0 bridgehead atoms. The number of carbonyl (C=O) groups excluding carboxylic acids is 1. The van der Waals surface area contributed by atoms with Crippen LogP contribution in [-0.4, -0.2) is 58.0 Å². The summed E-state index contributed by atoms with van der Waals surface area (Å²) >= 11 is 1.14. The third kappa shape index (κ3) is 3.62. The molecule has 0 unspecified atom stereocenters. The molecular formula is C15H16N4O4S. The molecule has 0 spiro atoms. The van der Waals surface area contributed by atoms with Crippen molar-refractivity contribution in [3.63, 3.8) is 0 Å². The first-order chi connectivity index (χ1) is 11.5. The number of pyridine rings is 1. The number of nitrogens with zero attached hydrogens (tertiary/aromatic N) is 3. The van der Waals surface area contributed by atoms with Crippen LogP contribution in [0.25, 0.3) is 0 Å². The number of hydrogen-bond acceptors (Lipinski definition) is 6. The van der Waals surface area contributed by atoms with Crippen LogP contribution >= 0.6 is 11.3 Å². The van der Waals surface area contributed by atoms with Crippen LogP contribution in [-0.2, 0) is 11.2 Å². The van der Waals surface area contributed by atoms with Gasteiger partial charge in [-0.3, -0.25) is 9.59 Å². The molecule has 24 heavy (non-hydrogen) atoms. The topological polar surface area (TPSA) is 107 Å². The fourth-order valence-electron chi connectivity index (χ4n) is 2.50. The first-order valence-electron chi connectivity index (χ1n) is 7.42. The second kappa shape index (κ2) is 6.83. The van der Waals surface area contributed by atoms with Crippen molar-refractivity contribution in [1.29, 1.82) is 0 Å². The molecule has 2 aromatic heterocycles. The van der Waals surface area contributed by atoms with Crippen LogP contribution in [0, 0.1) is 0 Å². The molecule has 0 aromatic carbocycles. The van der Waals surface area contributed by atoms with Gasteiger partial charge in [0.25, 0.3) is 0 Å². The van der Waals surface area contributed by atoms with Crippen molar-refractivity contribution in [1.82, 2.24) is 14.9 Å². The van der Waals surface area contributed by atoms with Gasteiger partial charge in [-0.2, -0.15) is 0 Å². The highest BCUT2D eigenvalue weighted by atomic mass is 32.1. The van der Waals surface area contributed by atoms with Crippen LogP contribution in [0.5, 0.6) is 0 Å². The van der Waals surface area contributed by atoms with Gasteiger partial charge in [-0.25, -0.2) is 9.78 Å². The van der Waals surface area contributed by atoms with E-state index in [1.54, 1.807) is 17.2 Å². The predicted molar refractivity (Wildman–Crippen MR) is 88.6 cm³/mol. The number of H-pyrrole nitrogens is 1. The van der Waals surface area contributed by atoms with Crippen LogP contribution in [0.4, 0.5) is 5.13 Å². The average molecular weight is 348 g/mol. The number of anilines is 1. The molecule has 1 aliphatic heterocycles. The summed E-state index contributed by atoms with van der Waals surface area (Å²) < 4.78 is 0. The first kappa shape index (κ1) is 16.2. The minimum absolute atomic E-state index is 0.00654. The van der Waals surface area contributed by atoms with Gasteiger partial charge in [0.1, 0.15) is 4.88 Å². The molecule has 126 valence electrons. The zero-order valence-electron chi connectivity index (χ0n) is 12.8. The highest BCUT2D eigenvalue weighted by molar-refractivity contribution is 7.17. The van der Waals surface area contributed by atoms with Crippen molar-refractivity contribution in [3.8, 4) is 0 Å². The maximum atomic E-state index is 12.3. The predicted octanol–water partition coefficient (Wildman–Crippen LogP) is 0.421. The van der Waals surface area contributed by atoms with Gasteiger partial charge in [-0.15, -0.1) is 0 Å². The number of nitrogens with one attached hydrogen (secondary N) is 1. The van der Waals surface area contributed by atoms with Gasteiger partial charge in [0.05, 0.1) is 12.6 Å². The Morgan fingerprint density at radius 1 is 1.25 bits per heavy atom. The highest BCUT2D eigenvalue weighted by Gasteiger charge is 2.23. The summed E-state index contributed by atoms with van der Waals surface area (Å²) in [4.78, 5) is 44.9. The van der Waals surface area contributed by atoms with Crippen LogP contribution < -0.4 is 10.5 Å². The Balaban J connectivity index is 1.55. The molecule has 1 fully saturated rings. The van der Waals surface area contributed by atoms with E-state index in [9.17, 15) is 14.4 Å². The van der Waals surface area contributed by atoms with Gasteiger partial charge in [-0.1, -0.05) is 17.4 Å². The Hall–Kier alpha value is -2.68. The van der Waals surface area contributed by atoms with Gasteiger partial charge >= 0.3 is 5.97 Å². The maximum absolute atomic E-state index is 12.3. The summed E-state index contributed by atoms with van der Waals surface area (Å²) in [5, 5.41) is 9.61. The van der Waals surface area contributed by atoms with E-state index in [0.29, 0.717) is 31.3 Å². The Bertz CT molecular complexity index is 787. The molecule has 3 heterocycles. The SMILES string of the molecule is O=C(O)c1cnc(N2CCN(C(=O)Cc3ccc(=O)[nH]c3)CC2)s1. The van der Waals surface area contributed by atoms with E-state index in [-0.39, 0.29) is 22.8 Å². The lowest BCUT2D eigenvalue weighted by Crippen LogP contribution is -2.49. The summed E-state index contributed by atoms with van der Waals surface area (Å²) in [6, 6.07) is 3.05. The summed E-state index contributed by atoms with van der Waals surface area (Å²) in [5.74, 6) is -0.972. The Morgan fingerprint density at radius 2 is 2.00 bits per heavy atom. The molecule has 0 radical (unpaired) electrons. The quantitative estimate of drug-likeness (QED) is 0.829. The molecule has 0 atom stereocenters. The second-order valence-electron chi connectivity index (χ2n) is 5.42. The van der Waals surface area contributed by atoms with Gasteiger partial charge in [-0.05, 0) is 5.56 Å². The van der Waals surface area contributed by atoms with E-state index in [1.807, 2.05) is 4.90 Å². The number of thiazole rings is 1. The fourth-order valence-corrected chi connectivity index (χ4v) is 3.30. The lowest BCUT2D eigenvalue weighted by Gasteiger charge is -2.34. The van der Waals surface area contributed by atoms with Crippen molar-refractivity contribution in [2.45, 2.75) is 6.42 Å². The lowest BCUT2D eigenvalue weighted by atomic mass is 10.2. The number of carboxylic acids is 1. The van der Waals surface area contributed by atoms with E-state index in [0.717, 1.165) is 16.9 Å². The van der Waals surface area contributed by atoms with E-state index in [2.05, 4.69) is 9.97 Å². The van der Waals surface area contributed by atoms with Crippen molar-refractivity contribution in [3.05, 3.63) is 45.3 Å². The lowest BCUT2D eigenvalue weighted by molar-refractivity contribution is -0.130. The molecule has 3 rings (SSSR count). The van der Waals surface area contributed by atoms with Crippen molar-refractivity contribution in [2.75, 3.05) is 31.1 Å². The van der Waals surface area contributed by atoms with Crippen molar-refractivity contribution >= 4 is 28.3 Å². The van der Waals surface area contributed by atoms with Crippen molar-refractivity contribution < 1.29 is 14.7 Å². The Kier molecular flexibility index (Phi) is 4.61. The maximum Gasteiger partial charge on any atom is 0.347 e. The number of piperazine rings is 1. The van der Waals surface area contributed by atoms with Gasteiger partial charge < -0.3 is 19.9 Å². The van der Waals surface area contributed by atoms with Crippen LogP contribution in [0.2, 0.25) is 0 Å². The van der Waals surface area contributed by atoms with Crippen molar-refractivity contribution in [2.24, 2.45) is 0 Å². The van der Waals surface area contributed by atoms with Gasteiger partial charge in [0, 0.05) is 38.4 Å². The summed E-state index contributed by atoms with van der Waals surface area (Å²) in [6.07, 6.45) is 3.16. The van der Waals surface area contributed by atoms with Gasteiger partial charge in [0.15, 0.2) is 5.13 Å². The number of carbonyl (C=O) groups is 2. The fraction of sp³-hybridized carbons (Fsp3) is 0.333. The summed E-state index contributed by atoms with van der Waals surface area (Å²) in [7, 11) is 0. The van der Waals surface area contributed by atoms with E-state index in [1.165, 1.54) is 12.3 Å². The molecule has 9 heteroatoms. The monoisotopic (exact) mass is 348 g/mol. The Labute approximate surface area is 141 Å². The number of hydrogen-bond donors (Lipinski definition) is 2. The number of aromatic amines is 1. The summed E-state index contributed by atoms with van der Waals surface area (Å²) in [6.45, 7) is 2.35. The van der Waals surface area contributed by atoms with E-state index >= 15 is 0 Å². The molecule has 2 N–H and O–H groups in total. The summed E-state index contributed by atoms with van der Waals surface area (Å²) in [5.41, 5.74) is 0.581. The van der Waals surface area contributed by atoms with Crippen LogP contribution in [0.3, 0.4) is 0 Å². The zero-order chi connectivity index (χ0) is 17.1. The molecule has 8 nitrogen and oxygen atoms in total. The van der Waals surface area contributed by atoms with E-state index in [4.69, 9.17) is 5.11 Å². The third-order valence-corrected chi connectivity index (χ3v) is 4.86. The number of amides is 1. The first-order valence-corrected chi connectivity index (χ1v) is 8.24. The van der Waals surface area contributed by atoms with Crippen LogP contribution in [0.15, 0.2) is 29.3 Å². The zero-order valence-corrected chi connectivity index (χ0v) is 13.6. The molecule has 0 aliphatic carbocycles. The largest absolute Gasteiger partial charge is 0.477 e. The average Bonchev–Trinajstić information content (AvgIpc) is 3.07. The number of rotatable bonds is 4. The number of aromatic carboxylic acids is 1. The van der Waals surface area contributed by atoms with E-state index < -0.39 is 5.97 Å². The number of aromatic nitrogens is 2. The number of carboxylic acid groups (broad SMARTS) is 1. The highest BCUT2D eigenvalue weighted by Crippen LogP contribution is 2.23. The molecule has 0 saturated carbocycles. The minimum atomic E-state index is -0.978. The minimum Gasteiger partial charge on any atom is -0.477 e. The standard InChI is InChI=1S/C15H16N4O4S/c20-12-2-1-10(8-16-12)7-13(21)18-3-5-19(6-4-18)15-17-9-11(24-15)14(22)23/h1-2,8-9H,3-7H2,(H,16,20)(H,22,23). The molecule has 1 saturated heterocycles. The third-order valence-electron chi connectivity index (χ3n) is 3.81.